The summed E-state index contributed by atoms with van der Waals surface area (Å²) >= 11 is 19.1. The molecule has 1 aliphatic heterocycles. The van der Waals surface area contributed by atoms with Crippen molar-refractivity contribution in [3.05, 3.63) is 91.8 Å². The molecule has 0 bridgehead atoms. The fourth-order valence-electron chi connectivity index (χ4n) is 3.89. The van der Waals surface area contributed by atoms with Crippen molar-refractivity contribution >= 4 is 52.2 Å². The molecule has 12 heteroatoms. The van der Waals surface area contributed by atoms with Gasteiger partial charge in [0.15, 0.2) is 11.9 Å². The molecule has 1 N–H and O–H groups in total. The molecular formula is C27H23Cl3FN3O5. The Morgan fingerprint density at radius 1 is 1.08 bits per heavy atom. The highest BCUT2D eigenvalue weighted by atomic mass is 35.5. The number of ether oxygens (including phenoxy) is 3. The number of ketones is 1. The molecule has 2 aromatic carbocycles. The van der Waals surface area contributed by atoms with Crippen molar-refractivity contribution in [1.82, 2.24) is 10.3 Å². The van der Waals surface area contributed by atoms with E-state index in [1.165, 1.54) is 12.1 Å². The van der Waals surface area contributed by atoms with Crippen LogP contribution in [-0.4, -0.2) is 62.1 Å². The Morgan fingerprint density at radius 3 is 2.54 bits per heavy atom. The van der Waals surface area contributed by atoms with Crippen LogP contribution in [0.3, 0.4) is 0 Å². The minimum Gasteiger partial charge on any atom is -0.475 e. The maximum absolute atomic E-state index is 14.1. The number of hydrogen-bond acceptors (Lipinski definition) is 7. The number of aromatic nitrogens is 1. The van der Waals surface area contributed by atoms with Crippen LogP contribution >= 0.6 is 34.8 Å². The Kier molecular flexibility index (Phi) is 9.88. The van der Waals surface area contributed by atoms with Gasteiger partial charge in [0.2, 0.25) is 5.88 Å². The standard InChI is InChI=1S/C27H23Cl3FN3O5/c1-37-6-7-38-8-9-39-27-19(13-17(31)14-32-27)26(36)34-25-22(35)10-15-4-2-3-5-18(15)24(33-25)23-20(29)11-16(28)12-21(23)30/h2-5,11-14,25H,6-10H2,1H3,(H,34,36). The van der Waals surface area contributed by atoms with Gasteiger partial charge in [0.1, 0.15) is 18.0 Å². The average Bonchev–Trinajstić information content (AvgIpc) is 3.02. The van der Waals surface area contributed by atoms with Crippen LogP contribution in [0.4, 0.5) is 4.39 Å². The van der Waals surface area contributed by atoms with E-state index in [2.05, 4.69) is 15.3 Å². The van der Waals surface area contributed by atoms with Gasteiger partial charge in [-0.3, -0.25) is 14.6 Å². The van der Waals surface area contributed by atoms with E-state index < -0.39 is 23.7 Å². The van der Waals surface area contributed by atoms with E-state index in [-0.39, 0.29) is 41.1 Å². The van der Waals surface area contributed by atoms with Crippen molar-refractivity contribution < 1.29 is 28.2 Å². The summed E-state index contributed by atoms with van der Waals surface area (Å²) in [4.78, 5) is 35.0. The maximum Gasteiger partial charge on any atom is 0.258 e. The van der Waals surface area contributed by atoms with Crippen LogP contribution in [0.2, 0.25) is 15.1 Å². The Balaban J connectivity index is 1.64. The van der Waals surface area contributed by atoms with Gasteiger partial charge in [0.05, 0.1) is 41.8 Å². The van der Waals surface area contributed by atoms with Gasteiger partial charge in [-0.05, 0) is 23.8 Å². The van der Waals surface area contributed by atoms with Crippen molar-refractivity contribution in [2.75, 3.05) is 33.5 Å². The Morgan fingerprint density at radius 2 is 1.79 bits per heavy atom. The lowest BCUT2D eigenvalue weighted by Crippen LogP contribution is -2.40. The highest BCUT2D eigenvalue weighted by Crippen LogP contribution is 2.33. The number of carbonyl (C=O) groups excluding carboxylic acids is 2. The van der Waals surface area contributed by atoms with E-state index in [4.69, 9.17) is 49.0 Å². The number of amides is 1. The number of hydrogen-bond donors (Lipinski definition) is 1. The highest BCUT2D eigenvalue weighted by molar-refractivity contribution is 6.43. The lowest BCUT2D eigenvalue weighted by atomic mass is 9.96. The van der Waals surface area contributed by atoms with Crippen LogP contribution in [-0.2, 0) is 20.7 Å². The molecule has 8 nitrogen and oxygen atoms in total. The van der Waals surface area contributed by atoms with Crippen LogP contribution < -0.4 is 10.1 Å². The maximum atomic E-state index is 14.1. The number of benzene rings is 2. The molecule has 0 aliphatic carbocycles. The van der Waals surface area contributed by atoms with Gasteiger partial charge < -0.3 is 19.5 Å². The molecule has 3 aromatic rings. The number of pyridine rings is 1. The smallest absolute Gasteiger partial charge is 0.258 e. The normalized spacial score (nSPS) is 14.8. The summed E-state index contributed by atoms with van der Waals surface area (Å²) in [5.41, 5.74) is 1.74. The van der Waals surface area contributed by atoms with Crippen molar-refractivity contribution in [2.45, 2.75) is 12.6 Å². The monoisotopic (exact) mass is 593 g/mol. The fraction of sp³-hybridized carbons (Fsp3) is 0.259. The lowest BCUT2D eigenvalue weighted by Gasteiger charge is -2.16. The highest BCUT2D eigenvalue weighted by Gasteiger charge is 2.30. The largest absolute Gasteiger partial charge is 0.475 e. The van der Waals surface area contributed by atoms with Crippen molar-refractivity contribution in [3.63, 3.8) is 0 Å². The van der Waals surface area contributed by atoms with Crippen molar-refractivity contribution in [2.24, 2.45) is 4.99 Å². The van der Waals surface area contributed by atoms with E-state index >= 15 is 0 Å². The zero-order chi connectivity index (χ0) is 27.9. The number of fused-ring (bicyclic) bond motifs is 1. The van der Waals surface area contributed by atoms with Gasteiger partial charge in [-0.2, -0.15) is 0 Å². The predicted molar refractivity (Wildman–Crippen MR) is 146 cm³/mol. The minimum atomic E-state index is -1.34. The summed E-state index contributed by atoms with van der Waals surface area (Å²) < 4.78 is 29.9. The molecule has 0 saturated carbocycles. The van der Waals surface area contributed by atoms with Crippen LogP contribution in [0.1, 0.15) is 27.0 Å². The number of carbonyl (C=O) groups is 2. The van der Waals surface area contributed by atoms with Gasteiger partial charge in [-0.1, -0.05) is 59.1 Å². The van der Waals surface area contributed by atoms with Gasteiger partial charge in [-0.15, -0.1) is 0 Å². The Hall–Kier alpha value is -3.08. The second kappa shape index (κ2) is 13.3. The minimum absolute atomic E-state index is 0.0273. The zero-order valence-electron chi connectivity index (χ0n) is 20.7. The van der Waals surface area contributed by atoms with E-state index in [1.807, 2.05) is 0 Å². The summed E-state index contributed by atoms with van der Waals surface area (Å²) in [6.45, 7) is 1.02. The third-order valence-corrected chi connectivity index (χ3v) is 6.49. The molecule has 39 heavy (non-hydrogen) atoms. The number of rotatable bonds is 10. The molecule has 1 atom stereocenters. The van der Waals surface area contributed by atoms with E-state index in [0.29, 0.717) is 40.6 Å². The first-order valence-corrected chi connectivity index (χ1v) is 12.9. The Labute approximate surface area is 239 Å². The predicted octanol–water partition coefficient (Wildman–Crippen LogP) is 4.94. The molecule has 1 aromatic heterocycles. The van der Waals surface area contributed by atoms with E-state index in [9.17, 15) is 14.0 Å². The van der Waals surface area contributed by atoms with Crippen LogP contribution in [0, 0.1) is 5.82 Å². The first-order valence-electron chi connectivity index (χ1n) is 11.8. The number of Topliss-reactive ketones (excluding diaryl/α,β-unsaturated/α-hetero) is 1. The number of aliphatic imine (C=N–C) groups is 1. The summed E-state index contributed by atoms with van der Waals surface area (Å²) in [5.74, 6) is -2.09. The van der Waals surface area contributed by atoms with Crippen molar-refractivity contribution in [1.29, 1.82) is 0 Å². The van der Waals surface area contributed by atoms with Crippen LogP contribution in [0.25, 0.3) is 0 Å². The number of methoxy groups -OCH3 is 1. The zero-order valence-corrected chi connectivity index (χ0v) is 22.9. The first-order chi connectivity index (χ1) is 18.8. The molecule has 0 spiro atoms. The van der Waals surface area contributed by atoms with E-state index in [1.54, 1.807) is 31.4 Å². The second-order valence-corrected chi connectivity index (χ2v) is 9.61. The summed E-state index contributed by atoms with van der Waals surface area (Å²) in [5, 5.41) is 3.34. The molecule has 1 amide bonds. The van der Waals surface area contributed by atoms with E-state index in [0.717, 1.165) is 12.3 Å². The first kappa shape index (κ1) is 28.9. The lowest BCUT2D eigenvalue weighted by molar-refractivity contribution is -0.120. The van der Waals surface area contributed by atoms with Crippen LogP contribution in [0.5, 0.6) is 5.88 Å². The quantitative estimate of drug-likeness (QED) is 0.334. The third kappa shape index (κ3) is 7.12. The van der Waals surface area contributed by atoms with Gasteiger partial charge in [-0.25, -0.2) is 9.37 Å². The molecule has 0 radical (unpaired) electrons. The van der Waals surface area contributed by atoms with Crippen LogP contribution in [0.15, 0.2) is 53.7 Å². The van der Waals surface area contributed by atoms with Crippen molar-refractivity contribution in [3.8, 4) is 5.88 Å². The summed E-state index contributed by atoms with van der Waals surface area (Å²) in [6.07, 6.45) is -0.441. The summed E-state index contributed by atoms with van der Waals surface area (Å²) in [6, 6.07) is 11.1. The molecular weight excluding hydrogens is 572 g/mol. The number of nitrogens with one attached hydrogen (secondary N) is 1. The van der Waals surface area contributed by atoms with Gasteiger partial charge in [0, 0.05) is 29.7 Å². The Bertz CT molecular complexity index is 1400. The molecule has 4 rings (SSSR count). The molecule has 0 fully saturated rings. The fourth-order valence-corrected chi connectivity index (χ4v) is 4.88. The SMILES string of the molecule is COCCOCCOc1ncc(F)cc1C(=O)NC1N=C(c2c(Cl)cc(Cl)cc2Cl)c2ccccc2CC1=O. The molecule has 1 unspecified atom stereocenters. The molecule has 204 valence electrons. The average molecular weight is 595 g/mol. The number of halogens is 4. The van der Waals surface area contributed by atoms with Gasteiger partial charge >= 0.3 is 0 Å². The molecule has 0 saturated heterocycles. The van der Waals surface area contributed by atoms with Gasteiger partial charge in [0.25, 0.3) is 5.91 Å². The molecule has 2 heterocycles. The molecule has 1 aliphatic rings. The number of nitrogens with zero attached hydrogens (tertiary/aromatic N) is 2. The summed E-state index contributed by atoms with van der Waals surface area (Å²) in [7, 11) is 1.55. The second-order valence-electron chi connectivity index (χ2n) is 8.36. The topological polar surface area (TPSA) is 99.1 Å². The third-order valence-electron chi connectivity index (χ3n) is 5.67.